The highest BCUT2D eigenvalue weighted by Gasteiger charge is 2.20. The number of rotatable bonds is 6. The van der Waals surface area contributed by atoms with Crippen LogP contribution in [-0.4, -0.2) is 15.8 Å². The van der Waals surface area contributed by atoms with Crippen molar-refractivity contribution in [2.45, 2.75) is 52.2 Å². The van der Waals surface area contributed by atoms with Gasteiger partial charge in [0.05, 0.1) is 6.20 Å². The molecule has 112 valence electrons. The van der Waals surface area contributed by atoms with Crippen LogP contribution < -0.4 is 5.32 Å². The van der Waals surface area contributed by atoms with E-state index in [2.05, 4.69) is 47.1 Å². The zero-order valence-corrected chi connectivity index (χ0v) is 13.5. The van der Waals surface area contributed by atoms with Gasteiger partial charge in [-0.05, 0) is 43.4 Å². The molecule has 1 aliphatic rings. The van der Waals surface area contributed by atoms with Gasteiger partial charge in [0.15, 0.2) is 0 Å². The molecule has 3 nitrogen and oxygen atoms in total. The Morgan fingerprint density at radius 1 is 1.38 bits per heavy atom. The fourth-order valence-electron chi connectivity index (χ4n) is 2.57. The Morgan fingerprint density at radius 2 is 2.19 bits per heavy atom. The van der Waals surface area contributed by atoms with Gasteiger partial charge in [0.1, 0.15) is 0 Å². The lowest BCUT2D eigenvalue weighted by Gasteiger charge is -2.08. The van der Waals surface area contributed by atoms with Crippen molar-refractivity contribution in [2.75, 3.05) is 0 Å². The summed E-state index contributed by atoms with van der Waals surface area (Å²) >= 11 is 6.44. The van der Waals surface area contributed by atoms with Crippen LogP contribution in [0.2, 0.25) is 5.02 Å². The van der Waals surface area contributed by atoms with Gasteiger partial charge in [-0.15, -0.1) is 0 Å². The van der Waals surface area contributed by atoms with E-state index in [0.717, 1.165) is 30.1 Å². The summed E-state index contributed by atoms with van der Waals surface area (Å²) < 4.78 is 2.06. The van der Waals surface area contributed by atoms with Crippen LogP contribution >= 0.6 is 11.6 Å². The van der Waals surface area contributed by atoms with Crippen LogP contribution in [0, 0.1) is 6.92 Å². The first-order valence-corrected chi connectivity index (χ1v) is 8.11. The smallest absolute Gasteiger partial charge is 0.0571 e. The number of nitrogens with zero attached hydrogens (tertiary/aromatic N) is 2. The van der Waals surface area contributed by atoms with Crippen molar-refractivity contribution in [1.82, 2.24) is 15.1 Å². The second-order valence-electron chi connectivity index (χ2n) is 5.83. The maximum atomic E-state index is 6.44. The molecule has 1 saturated carbocycles. The summed E-state index contributed by atoms with van der Waals surface area (Å²) in [6.45, 7) is 6.11. The Bertz CT molecular complexity index is 629. The molecule has 1 fully saturated rings. The Labute approximate surface area is 131 Å². The van der Waals surface area contributed by atoms with Crippen molar-refractivity contribution < 1.29 is 0 Å². The first kappa shape index (κ1) is 14.6. The van der Waals surface area contributed by atoms with E-state index in [4.69, 9.17) is 11.6 Å². The third kappa shape index (κ3) is 3.30. The van der Waals surface area contributed by atoms with Crippen molar-refractivity contribution in [1.29, 1.82) is 0 Å². The van der Waals surface area contributed by atoms with E-state index in [-0.39, 0.29) is 0 Å². The maximum absolute atomic E-state index is 6.44. The van der Waals surface area contributed by atoms with Crippen LogP contribution in [0.5, 0.6) is 0 Å². The third-order valence-corrected chi connectivity index (χ3v) is 4.41. The first-order chi connectivity index (χ1) is 10.2. The lowest BCUT2D eigenvalue weighted by Crippen LogP contribution is -2.15. The largest absolute Gasteiger partial charge is 0.310 e. The van der Waals surface area contributed by atoms with E-state index >= 15 is 0 Å². The molecule has 21 heavy (non-hydrogen) atoms. The molecule has 0 saturated heterocycles. The number of benzene rings is 1. The van der Waals surface area contributed by atoms with E-state index < -0.39 is 0 Å². The standard InChI is InChI=1S/C17H22ClN3/c1-3-8-21-12(2)16(11-20-21)13-4-5-14(17(18)9-13)10-19-15-6-7-15/h4-5,9,11,15,19H,3,6-8,10H2,1-2H3. The van der Waals surface area contributed by atoms with E-state index in [9.17, 15) is 0 Å². The predicted octanol–water partition coefficient (Wildman–Crippen LogP) is 4.17. The van der Waals surface area contributed by atoms with E-state index in [1.165, 1.54) is 29.7 Å². The molecule has 0 amide bonds. The molecule has 1 aliphatic carbocycles. The highest BCUT2D eigenvalue weighted by Crippen LogP contribution is 2.28. The lowest BCUT2D eigenvalue weighted by molar-refractivity contribution is 0.587. The number of aromatic nitrogens is 2. The number of nitrogens with one attached hydrogen (secondary N) is 1. The maximum Gasteiger partial charge on any atom is 0.0571 e. The summed E-state index contributed by atoms with van der Waals surface area (Å²) in [6, 6.07) is 7.04. The van der Waals surface area contributed by atoms with Crippen LogP contribution in [0.1, 0.15) is 37.4 Å². The molecule has 4 heteroatoms. The van der Waals surface area contributed by atoms with Gasteiger partial charge in [-0.25, -0.2) is 0 Å². The van der Waals surface area contributed by atoms with Crippen LogP contribution in [0.25, 0.3) is 11.1 Å². The predicted molar refractivity (Wildman–Crippen MR) is 87.6 cm³/mol. The van der Waals surface area contributed by atoms with Gasteiger partial charge in [-0.2, -0.15) is 5.10 Å². The van der Waals surface area contributed by atoms with Crippen molar-refractivity contribution >= 4 is 11.6 Å². The van der Waals surface area contributed by atoms with Crippen molar-refractivity contribution in [2.24, 2.45) is 0 Å². The molecular formula is C17H22ClN3. The molecule has 0 aliphatic heterocycles. The summed E-state index contributed by atoms with van der Waals surface area (Å²) in [5.74, 6) is 0. The molecule has 0 unspecified atom stereocenters. The third-order valence-electron chi connectivity index (χ3n) is 4.06. The molecule has 1 aromatic heterocycles. The zero-order valence-electron chi connectivity index (χ0n) is 12.7. The fraction of sp³-hybridized carbons (Fsp3) is 0.471. The fourth-order valence-corrected chi connectivity index (χ4v) is 2.81. The van der Waals surface area contributed by atoms with Crippen LogP contribution in [0.4, 0.5) is 0 Å². The molecular weight excluding hydrogens is 282 g/mol. The molecule has 0 radical (unpaired) electrons. The second-order valence-corrected chi connectivity index (χ2v) is 6.24. The highest BCUT2D eigenvalue weighted by atomic mass is 35.5. The van der Waals surface area contributed by atoms with Crippen molar-refractivity contribution in [3.63, 3.8) is 0 Å². The summed E-state index contributed by atoms with van der Waals surface area (Å²) in [7, 11) is 0. The van der Waals surface area contributed by atoms with Crippen LogP contribution in [-0.2, 0) is 13.1 Å². The van der Waals surface area contributed by atoms with Gasteiger partial charge < -0.3 is 5.32 Å². The van der Waals surface area contributed by atoms with Gasteiger partial charge in [0.25, 0.3) is 0 Å². The van der Waals surface area contributed by atoms with E-state index in [1.54, 1.807) is 0 Å². The first-order valence-electron chi connectivity index (χ1n) is 7.73. The summed E-state index contributed by atoms with van der Waals surface area (Å²) in [5, 5.41) is 8.80. The summed E-state index contributed by atoms with van der Waals surface area (Å²) in [4.78, 5) is 0. The topological polar surface area (TPSA) is 29.9 Å². The lowest BCUT2D eigenvalue weighted by atomic mass is 10.0. The molecule has 2 aromatic rings. The molecule has 1 N–H and O–H groups in total. The molecule has 1 heterocycles. The number of halogens is 1. The SMILES string of the molecule is CCCn1ncc(-c2ccc(CNC3CC3)c(Cl)c2)c1C. The number of hydrogen-bond acceptors (Lipinski definition) is 2. The van der Waals surface area contributed by atoms with Gasteiger partial charge in [0.2, 0.25) is 0 Å². The van der Waals surface area contributed by atoms with Gasteiger partial charge >= 0.3 is 0 Å². The Morgan fingerprint density at radius 3 is 2.86 bits per heavy atom. The van der Waals surface area contributed by atoms with E-state index in [1.807, 2.05) is 6.20 Å². The second kappa shape index (κ2) is 6.20. The molecule has 0 spiro atoms. The summed E-state index contributed by atoms with van der Waals surface area (Å²) in [6.07, 6.45) is 5.63. The van der Waals surface area contributed by atoms with E-state index in [0.29, 0.717) is 6.04 Å². The van der Waals surface area contributed by atoms with Gasteiger partial charge in [0, 0.05) is 35.4 Å². The Balaban J connectivity index is 1.80. The number of aryl methyl sites for hydroxylation is 1. The van der Waals surface area contributed by atoms with Crippen LogP contribution in [0.3, 0.4) is 0 Å². The minimum absolute atomic E-state index is 0.704. The Kier molecular flexibility index (Phi) is 4.32. The normalized spacial score (nSPS) is 14.6. The van der Waals surface area contributed by atoms with Gasteiger partial charge in [-0.1, -0.05) is 30.7 Å². The van der Waals surface area contributed by atoms with Crippen molar-refractivity contribution in [3.8, 4) is 11.1 Å². The van der Waals surface area contributed by atoms with Crippen molar-refractivity contribution in [3.05, 3.63) is 40.7 Å². The molecule has 0 bridgehead atoms. The monoisotopic (exact) mass is 303 g/mol. The Hall–Kier alpha value is -1.32. The number of hydrogen-bond donors (Lipinski definition) is 1. The average Bonchev–Trinajstić information content (AvgIpc) is 3.23. The van der Waals surface area contributed by atoms with Crippen LogP contribution in [0.15, 0.2) is 24.4 Å². The molecule has 0 atom stereocenters. The minimum Gasteiger partial charge on any atom is -0.310 e. The quantitative estimate of drug-likeness (QED) is 0.868. The zero-order chi connectivity index (χ0) is 14.8. The minimum atomic E-state index is 0.704. The average molecular weight is 304 g/mol. The van der Waals surface area contributed by atoms with Gasteiger partial charge in [-0.3, -0.25) is 4.68 Å². The highest BCUT2D eigenvalue weighted by molar-refractivity contribution is 6.31. The summed E-state index contributed by atoms with van der Waals surface area (Å²) in [5.41, 5.74) is 4.70. The molecule has 3 rings (SSSR count). The molecule has 1 aromatic carbocycles.